The number of rotatable bonds is 10. The number of hydrogen-bond acceptors (Lipinski definition) is 4. The molecular formula is C15H28N2O2S2. The van der Waals surface area contributed by atoms with Gasteiger partial charge in [-0.25, -0.2) is 13.1 Å². The van der Waals surface area contributed by atoms with Gasteiger partial charge in [-0.1, -0.05) is 34.1 Å². The summed E-state index contributed by atoms with van der Waals surface area (Å²) in [6.45, 7) is 9.17. The first-order valence-corrected chi connectivity index (χ1v) is 10.0. The number of nitrogens with one attached hydrogen (secondary N) is 2. The van der Waals surface area contributed by atoms with E-state index < -0.39 is 10.0 Å². The Labute approximate surface area is 133 Å². The van der Waals surface area contributed by atoms with Crippen LogP contribution in [0.5, 0.6) is 0 Å². The third-order valence-electron chi connectivity index (χ3n) is 3.28. The van der Waals surface area contributed by atoms with Crippen molar-refractivity contribution in [3.05, 3.63) is 17.0 Å². The van der Waals surface area contributed by atoms with Gasteiger partial charge in [0.2, 0.25) is 10.0 Å². The van der Waals surface area contributed by atoms with Crippen molar-refractivity contribution < 1.29 is 8.42 Å². The maximum Gasteiger partial charge on any atom is 0.250 e. The molecule has 0 saturated heterocycles. The Balaban J connectivity index is 2.65. The Morgan fingerprint density at radius 2 is 1.95 bits per heavy atom. The van der Waals surface area contributed by atoms with Gasteiger partial charge in [-0.15, -0.1) is 11.3 Å². The molecule has 1 rings (SSSR count). The van der Waals surface area contributed by atoms with Gasteiger partial charge in [-0.3, -0.25) is 0 Å². The van der Waals surface area contributed by atoms with Gasteiger partial charge in [0.25, 0.3) is 0 Å². The van der Waals surface area contributed by atoms with Crippen LogP contribution in [-0.2, 0) is 16.4 Å². The molecule has 1 heterocycles. The fraction of sp³-hybridized carbons (Fsp3) is 0.733. The summed E-state index contributed by atoms with van der Waals surface area (Å²) in [6, 6.07) is 4.13. The average Bonchev–Trinajstić information content (AvgIpc) is 2.87. The van der Waals surface area contributed by atoms with E-state index >= 15 is 0 Å². The van der Waals surface area contributed by atoms with Gasteiger partial charge in [-0.05, 0) is 31.4 Å². The first-order valence-electron chi connectivity index (χ1n) is 7.73. The molecule has 21 heavy (non-hydrogen) atoms. The lowest BCUT2D eigenvalue weighted by Gasteiger charge is -2.15. The molecular weight excluding hydrogens is 304 g/mol. The molecule has 1 aromatic rings. The normalized spacial score (nSPS) is 13.8. The van der Waals surface area contributed by atoms with Crippen LogP contribution in [-0.4, -0.2) is 27.0 Å². The van der Waals surface area contributed by atoms with Gasteiger partial charge in [-0.2, -0.15) is 0 Å². The van der Waals surface area contributed by atoms with Crippen LogP contribution in [0.4, 0.5) is 0 Å². The van der Waals surface area contributed by atoms with E-state index in [1.807, 2.05) is 13.0 Å². The van der Waals surface area contributed by atoms with Crippen molar-refractivity contribution in [2.24, 2.45) is 0 Å². The highest BCUT2D eigenvalue weighted by atomic mass is 32.2. The Bertz CT molecular complexity index is 509. The Hall–Kier alpha value is -0.430. The molecule has 0 aromatic carbocycles. The lowest BCUT2D eigenvalue weighted by molar-refractivity contribution is 0.513. The zero-order chi connectivity index (χ0) is 15.9. The molecule has 122 valence electrons. The molecule has 1 atom stereocenters. The first kappa shape index (κ1) is 18.6. The van der Waals surface area contributed by atoms with E-state index in [0.717, 1.165) is 37.1 Å². The molecule has 0 bridgehead atoms. The summed E-state index contributed by atoms with van der Waals surface area (Å²) in [7, 11) is -3.37. The van der Waals surface area contributed by atoms with E-state index in [2.05, 4.69) is 30.8 Å². The van der Waals surface area contributed by atoms with Gasteiger partial charge in [0.15, 0.2) is 0 Å². The second-order valence-electron chi connectivity index (χ2n) is 5.59. The fourth-order valence-corrected chi connectivity index (χ4v) is 4.82. The third kappa shape index (κ3) is 6.46. The van der Waals surface area contributed by atoms with Crippen LogP contribution >= 0.6 is 11.3 Å². The van der Waals surface area contributed by atoms with Gasteiger partial charge >= 0.3 is 0 Å². The van der Waals surface area contributed by atoms with Crippen LogP contribution in [0.15, 0.2) is 16.3 Å². The number of hydrogen-bond donors (Lipinski definition) is 2. The molecule has 0 aliphatic heterocycles. The summed E-state index contributed by atoms with van der Waals surface area (Å²) in [5, 5.41) is 3.34. The third-order valence-corrected chi connectivity index (χ3v) is 6.43. The summed E-state index contributed by atoms with van der Waals surface area (Å²) in [4.78, 5) is 1.10. The van der Waals surface area contributed by atoms with Crippen molar-refractivity contribution in [3.63, 3.8) is 0 Å². The smallest absolute Gasteiger partial charge is 0.250 e. The monoisotopic (exact) mass is 332 g/mol. The van der Waals surface area contributed by atoms with Crippen LogP contribution in [0.1, 0.15) is 51.8 Å². The molecule has 2 N–H and O–H groups in total. The Morgan fingerprint density at radius 1 is 1.24 bits per heavy atom. The van der Waals surface area contributed by atoms with Crippen LogP contribution in [0.3, 0.4) is 0 Å². The van der Waals surface area contributed by atoms with Crippen molar-refractivity contribution in [2.45, 2.75) is 69.7 Å². The standard InChI is InChI=1S/C15H28N2O2S2/c1-5-7-13(6-2)17-21(18,19)15-9-8-14(20-15)10-11-16-12(3)4/h8-9,12-13,16-17H,5-7,10-11H2,1-4H3. The van der Waals surface area contributed by atoms with Crippen molar-refractivity contribution in [2.75, 3.05) is 6.54 Å². The minimum atomic E-state index is -3.37. The molecule has 4 nitrogen and oxygen atoms in total. The molecule has 0 aliphatic rings. The quantitative estimate of drug-likeness (QED) is 0.692. The predicted octanol–water partition coefficient (Wildman–Crippen LogP) is 3.15. The average molecular weight is 333 g/mol. The summed E-state index contributed by atoms with van der Waals surface area (Å²) in [5.41, 5.74) is 0. The molecule has 1 unspecified atom stereocenters. The first-order chi connectivity index (χ1) is 9.89. The second-order valence-corrected chi connectivity index (χ2v) is 8.70. The van der Waals surface area contributed by atoms with Gasteiger partial charge in [0.1, 0.15) is 4.21 Å². The van der Waals surface area contributed by atoms with Crippen molar-refractivity contribution >= 4 is 21.4 Å². The number of sulfonamides is 1. The molecule has 6 heteroatoms. The van der Waals surface area contributed by atoms with Gasteiger partial charge in [0, 0.05) is 23.5 Å². The van der Waals surface area contributed by atoms with Crippen LogP contribution in [0.2, 0.25) is 0 Å². The fourth-order valence-electron chi connectivity index (χ4n) is 2.09. The van der Waals surface area contributed by atoms with Crippen LogP contribution in [0, 0.1) is 0 Å². The minimum Gasteiger partial charge on any atom is -0.314 e. The van der Waals surface area contributed by atoms with Crippen LogP contribution in [0.25, 0.3) is 0 Å². The topological polar surface area (TPSA) is 58.2 Å². The largest absolute Gasteiger partial charge is 0.314 e. The predicted molar refractivity (Wildman–Crippen MR) is 90.5 cm³/mol. The lowest BCUT2D eigenvalue weighted by Crippen LogP contribution is -2.33. The summed E-state index contributed by atoms with van der Waals surface area (Å²) < 4.78 is 28.0. The minimum absolute atomic E-state index is 0.0353. The highest BCUT2D eigenvalue weighted by Gasteiger charge is 2.20. The Morgan fingerprint density at radius 3 is 2.52 bits per heavy atom. The van der Waals surface area contributed by atoms with Crippen LogP contribution < -0.4 is 10.0 Å². The second kappa shape index (κ2) is 8.88. The molecule has 1 aromatic heterocycles. The zero-order valence-corrected chi connectivity index (χ0v) is 15.1. The van der Waals surface area contributed by atoms with E-state index in [1.165, 1.54) is 11.3 Å². The lowest BCUT2D eigenvalue weighted by atomic mass is 10.1. The molecule has 0 fully saturated rings. The molecule has 0 aliphatic carbocycles. The van der Waals surface area contributed by atoms with E-state index in [9.17, 15) is 8.42 Å². The maximum absolute atomic E-state index is 12.4. The Kier molecular flexibility index (Phi) is 7.87. The van der Waals surface area contributed by atoms with E-state index in [0.29, 0.717) is 10.3 Å². The summed E-state index contributed by atoms with van der Waals surface area (Å²) >= 11 is 1.37. The van der Waals surface area contributed by atoms with Crippen molar-refractivity contribution in [1.82, 2.24) is 10.0 Å². The number of thiophene rings is 1. The highest BCUT2D eigenvalue weighted by Crippen LogP contribution is 2.22. The van der Waals surface area contributed by atoms with Crippen molar-refractivity contribution in [1.29, 1.82) is 0 Å². The van der Waals surface area contributed by atoms with E-state index in [4.69, 9.17) is 0 Å². The van der Waals surface area contributed by atoms with E-state index in [-0.39, 0.29) is 6.04 Å². The molecule has 0 saturated carbocycles. The summed E-state index contributed by atoms with van der Waals surface area (Å²) in [5.74, 6) is 0. The van der Waals surface area contributed by atoms with Gasteiger partial charge in [0.05, 0.1) is 0 Å². The zero-order valence-electron chi connectivity index (χ0n) is 13.5. The molecule has 0 spiro atoms. The maximum atomic E-state index is 12.4. The SMILES string of the molecule is CCCC(CC)NS(=O)(=O)c1ccc(CCNC(C)C)s1. The van der Waals surface area contributed by atoms with E-state index in [1.54, 1.807) is 6.07 Å². The summed E-state index contributed by atoms with van der Waals surface area (Å²) in [6.07, 6.45) is 3.55. The highest BCUT2D eigenvalue weighted by molar-refractivity contribution is 7.91. The molecule has 0 radical (unpaired) electrons. The van der Waals surface area contributed by atoms with Crippen molar-refractivity contribution in [3.8, 4) is 0 Å². The van der Waals surface area contributed by atoms with Gasteiger partial charge < -0.3 is 5.32 Å². The molecule has 0 amide bonds.